The average Bonchev–Trinajstić information content (AvgIpc) is 2.79. The lowest BCUT2D eigenvalue weighted by Crippen LogP contribution is -2.51. The van der Waals surface area contributed by atoms with Crippen LogP contribution in [0.5, 0.6) is 0 Å². The zero-order valence-electron chi connectivity index (χ0n) is 18.4. The fourth-order valence-corrected chi connectivity index (χ4v) is 5.47. The third-order valence-electron chi connectivity index (χ3n) is 6.06. The Morgan fingerprint density at radius 3 is 2.28 bits per heavy atom. The van der Waals surface area contributed by atoms with Crippen molar-refractivity contribution in [1.82, 2.24) is 19.0 Å². The largest absolute Gasteiger partial charge is 0.340 e. The molecule has 1 fully saturated rings. The lowest BCUT2D eigenvalue weighted by atomic mass is 10.1. The summed E-state index contributed by atoms with van der Waals surface area (Å²) < 4.78 is 28.7. The minimum atomic E-state index is -3.60. The summed E-state index contributed by atoms with van der Waals surface area (Å²) in [4.78, 5) is 27.2. The third kappa shape index (κ3) is 4.05. The number of hydrogen-bond donors (Lipinski definition) is 0. The number of aromatic nitrogens is 2. The minimum Gasteiger partial charge on any atom is -0.340 e. The zero-order chi connectivity index (χ0) is 23.0. The summed E-state index contributed by atoms with van der Waals surface area (Å²) in [6.45, 7) is 4.94. The van der Waals surface area contributed by atoms with Crippen LogP contribution in [0.2, 0.25) is 0 Å². The quantitative estimate of drug-likeness (QED) is 0.597. The molecule has 2 heterocycles. The standard InChI is InChI=1S/C23H26N4O4S/c1-16-8-9-18(14-17(16)2)32(30,31)27-12-10-26(11-13-27)22(28)15-21-19-6-4-5-7-20(19)23(29)25(3)24-21/h4-9,14H,10-13,15H2,1-3H3. The number of amides is 1. The molecule has 8 nitrogen and oxygen atoms in total. The van der Waals surface area contributed by atoms with Crippen LogP contribution in [0.4, 0.5) is 0 Å². The Morgan fingerprint density at radius 1 is 0.969 bits per heavy atom. The van der Waals surface area contributed by atoms with Crippen molar-refractivity contribution in [1.29, 1.82) is 0 Å². The SMILES string of the molecule is Cc1ccc(S(=O)(=O)N2CCN(C(=O)Cc3nn(C)c(=O)c4ccccc34)CC2)cc1C. The highest BCUT2D eigenvalue weighted by Gasteiger charge is 2.30. The van der Waals surface area contributed by atoms with Gasteiger partial charge in [0.15, 0.2) is 0 Å². The molecule has 1 aliphatic heterocycles. The summed E-state index contributed by atoms with van der Waals surface area (Å²) in [6.07, 6.45) is 0.0541. The summed E-state index contributed by atoms with van der Waals surface area (Å²) in [7, 11) is -2.03. The second-order valence-corrected chi connectivity index (χ2v) is 10.1. The Balaban J connectivity index is 1.48. The molecule has 0 N–H and O–H groups in total. The van der Waals surface area contributed by atoms with Crippen LogP contribution in [-0.4, -0.2) is 59.5 Å². The Labute approximate surface area is 187 Å². The number of nitrogens with zero attached hydrogens (tertiary/aromatic N) is 4. The molecule has 168 valence electrons. The van der Waals surface area contributed by atoms with Crippen LogP contribution in [0, 0.1) is 13.8 Å². The van der Waals surface area contributed by atoms with E-state index in [0.29, 0.717) is 29.6 Å². The van der Waals surface area contributed by atoms with Crippen molar-refractivity contribution >= 4 is 26.7 Å². The van der Waals surface area contributed by atoms with Crippen LogP contribution in [0.3, 0.4) is 0 Å². The first-order valence-electron chi connectivity index (χ1n) is 10.5. The van der Waals surface area contributed by atoms with Crippen LogP contribution in [-0.2, 0) is 28.3 Å². The van der Waals surface area contributed by atoms with Crippen molar-refractivity contribution < 1.29 is 13.2 Å². The molecule has 3 aromatic rings. The molecule has 1 amide bonds. The number of hydrogen-bond acceptors (Lipinski definition) is 5. The van der Waals surface area contributed by atoms with E-state index >= 15 is 0 Å². The summed E-state index contributed by atoms with van der Waals surface area (Å²) in [5.41, 5.74) is 2.30. The van der Waals surface area contributed by atoms with Gasteiger partial charge in [0, 0.05) is 38.6 Å². The molecular formula is C23H26N4O4S. The van der Waals surface area contributed by atoms with E-state index < -0.39 is 10.0 Å². The van der Waals surface area contributed by atoms with E-state index in [1.807, 2.05) is 26.0 Å². The maximum absolute atomic E-state index is 13.0. The fraction of sp³-hybridized carbons (Fsp3) is 0.348. The smallest absolute Gasteiger partial charge is 0.274 e. The highest BCUT2D eigenvalue weighted by atomic mass is 32.2. The predicted molar refractivity (Wildman–Crippen MR) is 122 cm³/mol. The molecular weight excluding hydrogens is 428 g/mol. The maximum Gasteiger partial charge on any atom is 0.274 e. The lowest BCUT2D eigenvalue weighted by Gasteiger charge is -2.34. The van der Waals surface area contributed by atoms with Gasteiger partial charge in [0.1, 0.15) is 0 Å². The molecule has 9 heteroatoms. The molecule has 2 aromatic carbocycles. The van der Waals surface area contributed by atoms with E-state index in [1.165, 1.54) is 8.99 Å². The Hall–Kier alpha value is -3.04. The van der Waals surface area contributed by atoms with Gasteiger partial charge in [-0.25, -0.2) is 13.1 Å². The van der Waals surface area contributed by atoms with Crippen molar-refractivity contribution in [2.45, 2.75) is 25.2 Å². The van der Waals surface area contributed by atoms with Crippen molar-refractivity contribution in [3.05, 3.63) is 69.6 Å². The van der Waals surface area contributed by atoms with E-state index in [-0.39, 0.29) is 35.9 Å². The molecule has 1 aromatic heterocycles. The van der Waals surface area contributed by atoms with Gasteiger partial charge in [0.25, 0.3) is 5.56 Å². The van der Waals surface area contributed by atoms with Crippen molar-refractivity contribution in [2.24, 2.45) is 7.05 Å². The van der Waals surface area contributed by atoms with Crippen LogP contribution < -0.4 is 5.56 Å². The lowest BCUT2D eigenvalue weighted by molar-refractivity contribution is -0.131. The molecule has 0 radical (unpaired) electrons. The number of rotatable bonds is 4. The highest BCUT2D eigenvalue weighted by Crippen LogP contribution is 2.21. The van der Waals surface area contributed by atoms with E-state index in [9.17, 15) is 18.0 Å². The molecule has 1 aliphatic rings. The monoisotopic (exact) mass is 454 g/mol. The molecule has 1 saturated heterocycles. The van der Waals surface area contributed by atoms with Crippen LogP contribution in [0.25, 0.3) is 10.8 Å². The van der Waals surface area contributed by atoms with Crippen LogP contribution >= 0.6 is 0 Å². The van der Waals surface area contributed by atoms with E-state index in [2.05, 4.69) is 5.10 Å². The van der Waals surface area contributed by atoms with Crippen LogP contribution in [0.1, 0.15) is 16.8 Å². The molecule has 0 bridgehead atoms. The topological polar surface area (TPSA) is 92.6 Å². The minimum absolute atomic E-state index is 0.0541. The number of carbonyl (C=O) groups excluding carboxylic acids is 1. The molecule has 32 heavy (non-hydrogen) atoms. The van der Waals surface area contributed by atoms with Gasteiger partial charge in [0.2, 0.25) is 15.9 Å². The third-order valence-corrected chi connectivity index (χ3v) is 7.95. The normalized spacial score (nSPS) is 15.3. The Morgan fingerprint density at radius 2 is 1.62 bits per heavy atom. The summed E-state index contributed by atoms with van der Waals surface area (Å²) in [6, 6.07) is 12.2. The Kier molecular flexibility index (Phi) is 5.87. The van der Waals surface area contributed by atoms with Gasteiger partial charge >= 0.3 is 0 Å². The first-order chi connectivity index (χ1) is 15.2. The molecule has 0 saturated carbocycles. The van der Waals surface area contributed by atoms with Gasteiger partial charge in [-0.3, -0.25) is 9.59 Å². The fourth-order valence-electron chi connectivity index (χ4n) is 3.96. The van der Waals surface area contributed by atoms with E-state index in [4.69, 9.17) is 0 Å². The van der Waals surface area contributed by atoms with Crippen molar-refractivity contribution in [3.8, 4) is 0 Å². The number of fused-ring (bicyclic) bond motifs is 1. The van der Waals surface area contributed by atoms with E-state index in [1.54, 1.807) is 42.3 Å². The van der Waals surface area contributed by atoms with Gasteiger partial charge in [-0.05, 0) is 43.2 Å². The first-order valence-corrected chi connectivity index (χ1v) is 11.9. The van der Waals surface area contributed by atoms with Gasteiger partial charge in [-0.2, -0.15) is 9.40 Å². The summed E-state index contributed by atoms with van der Waals surface area (Å²) in [5, 5.41) is 5.49. The maximum atomic E-state index is 13.0. The second kappa shape index (κ2) is 8.48. The molecule has 0 unspecified atom stereocenters. The second-order valence-electron chi connectivity index (χ2n) is 8.13. The van der Waals surface area contributed by atoms with Gasteiger partial charge in [-0.1, -0.05) is 24.3 Å². The number of aryl methyl sites for hydroxylation is 3. The number of carbonyl (C=O) groups is 1. The predicted octanol–water partition coefficient (Wildman–Crippen LogP) is 1.63. The number of piperazine rings is 1. The van der Waals surface area contributed by atoms with Crippen molar-refractivity contribution in [3.63, 3.8) is 0 Å². The zero-order valence-corrected chi connectivity index (χ0v) is 19.2. The van der Waals surface area contributed by atoms with Gasteiger partial charge in [-0.15, -0.1) is 0 Å². The number of benzene rings is 2. The molecule has 0 aliphatic carbocycles. The van der Waals surface area contributed by atoms with Gasteiger partial charge < -0.3 is 4.90 Å². The van der Waals surface area contributed by atoms with Crippen molar-refractivity contribution in [2.75, 3.05) is 26.2 Å². The average molecular weight is 455 g/mol. The molecule has 4 rings (SSSR count). The summed E-state index contributed by atoms with van der Waals surface area (Å²) >= 11 is 0. The van der Waals surface area contributed by atoms with Crippen LogP contribution in [0.15, 0.2) is 52.2 Å². The number of sulfonamides is 1. The summed E-state index contributed by atoms with van der Waals surface area (Å²) in [5.74, 6) is -0.135. The molecule has 0 spiro atoms. The molecule has 0 atom stereocenters. The van der Waals surface area contributed by atoms with Gasteiger partial charge in [0.05, 0.1) is 22.4 Å². The first kappa shape index (κ1) is 22.2. The van der Waals surface area contributed by atoms with E-state index in [0.717, 1.165) is 11.1 Å². The highest BCUT2D eigenvalue weighted by molar-refractivity contribution is 7.89. The Bertz CT molecular complexity index is 1360.